The lowest BCUT2D eigenvalue weighted by Crippen LogP contribution is -2.03. The molecule has 3 rings (SSSR count). The number of benzene rings is 2. The van der Waals surface area contributed by atoms with E-state index in [1.807, 2.05) is 30.3 Å². The first-order chi connectivity index (χ1) is 11.7. The highest BCUT2D eigenvalue weighted by Gasteiger charge is 2.18. The predicted molar refractivity (Wildman–Crippen MR) is 92.4 cm³/mol. The number of rotatable bonds is 5. The lowest BCUT2D eigenvalue weighted by Gasteiger charge is -2.11. The van der Waals surface area contributed by atoms with Crippen LogP contribution in [0.1, 0.15) is 0 Å². The summed E-state index contributed by atoms with van der Waals surface area (Å²) >= 11 is 6.88. The normalized spacial score (nSPS) is 11.3. The Labute approximate surface area is 147 Å². The van der Waals surface area contributed by atoms with Crippen molar-refractivity contribution in [1.29, 1.82) is 0 Å². The van der Waals surface area contributed by atoms with Crippen LogP contribution in [0.4, 0.5) is 8.78 Å². The summed E-state index contributed by atoms with van der Waals surface area (Å²) in [5.41, 5.74) is 2.38. The van der Waals surface area contributed by atoms with E-state index in [9.17, 15) is 8.78 Å². The zero-order valence-electron chi connectivity index (χ0n) is 12.4. The van der Waals surface area contributed by atoms with Crippen LogP contribution < -0.4 is 0 Å². The van der Waals surface area contributed by atoms with Gasteiger partial charge in [-0.15, -0.1) is 10.2 Å². The van der Waals surface area contributed by atoms with Crippen LogP contribution in [0.15, 0.2) is 65.3 Å². The van der Waals surface area contributed by atoms with Gasteiger partial charge in [0.25, 0.3) is 0 Å². The molecule has 0 saturated heterocycles. The second kappa shape index (κ2) is 7.59. The van der Waals surface area contributed by atoms with Gasteiger partial charge in [-0.25, -0.2) is 8.78 Å². The molecule has 3 nitrogen and oxygen atoms in total. The Morgan fingerprint density at radius 3 is 2.58 bits per heavy atom. The molecule has 0 N–H and O–H groups in total. The molecule has 0 radical (unpaired) electrons. The Hall–Kier alpha value is -2.18. The SMILES string of the molecule is Fc1ccc(-n2c(SC/C=C/Cl)nnc2-c2ccccc2)c(F)c1. The van der Waals surface area contributed by atoms with Gasteiger partial charge in [0.1, 0.15) is 11.6 Å². The van der Waals surface area contributed by atoms with Gasteiger partial charge in [-0.3, -0.25) is 4.57 Å². The first kappa shape index (κ1) is 16.7. The molecule has 0 atom stereocenters. The Bertz CT molecular complexity index is 866. The molecule has 0 aliphatic carbocycles. The molecule has 1 heterocycles. The Morgan fingerprint density at radius 1 is 1.08 bits per heavy atom. The van der Waals surface area contributed by atoms with Crippen molar-refractivity contribution >= 4 is 23.4 Å². The fourth-order valence-corrected chi connectivity index (χ4v) is 3.13. The van der Waals surface area contributed by atoms with E-state index in [4.69, 9.17) is 11.6 Å². The highest BCUT2D eigenvalue weighted by atomic mass is 35.5. The lowest BCUT2D eigenvalue weighted by atomic mass is 10.2. The van der Waals surface area contributed by atoms with Gasteiger partial charge < -0.3 is 0 Å². The second-order valence-electron chi connectivity index (χ2n) is 4.78. The lowest BCUT2D eigenvalue weighted by molar-refractivity contribution is 0.575. The Kier molecular flexibility index (Phi) is 5.27. The van der Waals surface area contributed by atoms with E-state index in [1.165, 1.54) is 29.4 Å². The van der Waals surface area contributed by atoms with E-state index < -0.39 is 11.6 Å². The molecule has 1 aromatic heterocycles. The van der Waals surface area contributed by atoms with Gasteiger partial charge in [-0.05, 0) is 12.1 Å². The molecule has 0 spiro atoms. The van der Waals surface area contributed by atoms with E-state index in [0.29, 0.717) is 16.7 Å². The number of thioether (sulfide) groups is 1. The van der Waals surface area contributed by atoms with Crippen molar-refractivity contribution < 1.29 is 8.78 Å². The van der Waals surface area contributed by atoms with Crippen LogP contribution in [0.2, 0.25) is 0 Å². The van der Waals surface area contributed by atoms with Crippen molar-refractivity contribution in [2.45, 2.75) is 5.16 Å². The summed E-state index contributed by atoms with van der Waals surface area (Å²) in [7, 11) is 0. The fourth-order valence-electron chi connectivity index (χ4n) is 2.18. The minimum absolute atomic E-state index is 0.192. The van der Waals surface area contributed by atoms with Gasteiger partial charge >= 0.3 is 0 Å². The van der Waals surface area contributed by atoms with Crippen LogP contribution in [0.3, 0.4) is 0 Å². The standard InChI is InChI=1S/C17H12ClF2N3S/c18-9-4-10-24-17-22-21-16(12-5-2-1-3-6-12)23(17)15-8-7-13(19)11-14(15)20/h1-9,11H,10H2/b9-4+. The third-order valence-corrected chi connectivity index (χ3v) is 4.27. The van der Waals surface area contributed by atoms with Gasteiger partial charge in [-0.1, -0.05) is 59.8 Å². The molecule has 3 aromatic rings. The Balaban J connectivity index is 2.14. The van der Waals surface area contributed by atoms with Crippen LogP contribution in [0.25, 0.3) is 17.1 Å². The largest absolute Gasteiger partial charge is 0.267 e. The van der Waals surface area contributed by atoms with Crippen molar-refractivity contribution in [3.05, 3.63) is 71.8 Å². The average Bonchev–Trinajstić information content (AvgIpc) is 3.00. The smallest absolute Gasteiger partial charge is 0.196 e. The van der Waals surface area contributed by atoms with Crippen molar-refractivity contribution in [1.82, 2.24) is 14.8 Å². The van der Waals surface area contributed by atoms with Gasteiger partial charge in [0, 0.05) is 22.9 Å². The van der Waals surface area contributed by atoms with Crippen molar-refractivity contribution in [2.24, 2.45) is 0 Å². The highest BCUT2D eigenvalue weighted by Crippen LogP contribution is 2.29. The third kappa shape index (κ3) is 3.49. The monoisotopic (exact) mass is 363 g/mol. The molecular formula is C17H12ClF2N3S. The summed E-state index contributed by atoms with van der Waals surface area (Å²) in [5.74, 6) is -0.274. The van der Waals surface area contributed by atoms with Crippen LogP contribution in [0, 0.1) is 11.6 Å². The fraction of sp³-hybridized carbons (Fsp3) is 0.0588. The zero-order chi connectivity index (χ0) is 16.9. The highest BCUT2D eigenvalue weighted by molar-refractivity contribution is 7.99. The zero-order valence-corrected chi connectivity index (χ0v) is 13.9. The number of nitrogens with zero attached hydrogens (tertiary/aromatic N) is 3. The van der Waals surface area contributed by atoms with E-state index in [-0.39, 0.29) is 5.69 Å². The number of hydrogen-bond donors (Lipinski definition) is 0. The molecule has 0 amide bonds. The summed E-state index contributed by atoms with van der Waals surface area (Å²) in [5, 5.41) is 8.82. The van der Waals surface area contributed by atoms with Crippen LogP contribution >= 0.6 is 23.4 Å². The molecule has 7 heteroatoms. The Morgan fingerprint density at radius 2 is 1.88 bits per heavy atom. The molecule has 0 saturated carbocycles. The first-order valence-corrected chi connectivity index (χ1v) is 8.47. The van der Waals surface area contributed by atoms with Gasteiger partial charge in [0.2, 0.25) is 0 Å². The maximum Gasteiger partial charge on any atom is 0.196 e. The number of halogens is 3. The topological polar surface area (TPSA) is 30.7 Å². The van der Waals surface area contributed by atoms with E-state index in [0.717, 1.165) is 11.6 Å². The molecule has 2 aromatic carbocycles. The van der Waals surface area contributed by atoms with E-state index in [1.54, 1.807) is 10.6 Å². The first-order valence-electron chi connectivity index (χ1n) is 7.05. The molecule has 0 aliphatic rings. The second-order valence-corrected chi connectivity index (χ2v) is 6.02. The van der Waals surface area contributed by atoms with Gasteiger partial charge in [-0.2, -0.15) is 0 Å². The minimum atomic E-state index is -0.679. The molecular weight excluding hydrogens is 352 g/mol. The minimum Gasteiger partial charge on any atom is -0.267 e. The van der Waals surface area contributed by atoms with E-state index in [2.05, 4.69) is 10.2 Å². The maximum absolute atomic E-state index is 14.3. The van der Waals surface area contributed by atoms with Crippen LogP contribution in [-0.2, 0) is 0 Å². The molecule has 24 heavy (non-hydrogen) atoms. The van der Waals surface area contributed by atoms with Crippen molar-refractivity contribution in [3.8, 4) is 17.1 Å². The third-order valence-electron chi connectivity index (χ3n) is 3.21. The summed E-state index contributed by atoms with van der Waals surface area (Å²) < 4.78 is 29.1. The molecule has 0 unspecified atom stereocenters. The predicted octanol–water partition coefficient (Wildman–Crippen LogP) is 5.06. The van der Waals surface area contributed by atoms with Crippen molar-refractivity contribution in [2.75, 3.05) is 5.75 Å². The quantitative estimate of drug-likeness (QED) is 0.594. The summed E-state index contributed by atoms with van der Waals surface area (Å²) in [6, 6.07) is 12.7. The molecule has 0 bridgehead atoms. The molecule has 122 valence electrons. The summed E-state index contributed by atoms with van der Waals surface area (Å²) in [6.45, 7) is 0. The van der Waals surface area contributed by atoms with Gasteiger partial charge in [0.15, 0.2) is 11.0 Å². The van der Waals surface area contributed by atoms with Crippen LogP contribution in [0.5, 0.6) is 0 Å². The maximum atomic E-state index is 14.3. The van der Waals surface area contributed by atoms with Crippen LogP contribution in [-0.4, -0.2) is 20.5 Å². The van der Waals surface area contributed by atoms with Gasteiger partial charge in [0.05, 0.1) is 5.69 Å². The summed E-state index contributed by atoms with van der Waals surface area (Å²) in [6.07, 6.45) is 1.74. The van der Waals surface area contributed by atoms with E-state index >= 15 is 0 Å². The average molecular weight is 364 g/mol. The number of aromatic nitrogens is 3. The molecule has 0 aliphatic heterocycles. The summed E-state index contributed by atoms with van der Waals surface area (Å²) in [4.78, 5) is 0. The molecule has 0 fully saturated rings. The number of hydrogen-bond acceptors (Lipinski definition) is 3. The van der Waals surface area contributed by atoms with Crippen molar-refractivity contribution in [3.63, 3.8) is 0 Å².